The first-order valence-electron chi connectivity index (χ1n) is 9.35. The first kappa shape index (κ1) is 18.7. The molecule has 6 nitrogen and oxygen atoms in total. The Labute approximate surface area is 164 Å². The third-order valence-corrected chi connectivity index (χ3v) is 7.37. The van der Waals surface area contributed by atoms with E-state index in [4.69, 9.17) is 0 Å². The maximum atomic E-state index is 13.0. The van der Waals surface area contributed by atoms with E-state index in [1.54, 1.807) is 24.3 Å². The number of rotatable bonds is 2. The van der Waals surface area contributed by atoms with Gasteiger partial charge in [-0.1, -0.05) is 23.8 Å². The molecule has 2 aromatic rings. The molecule has 28 heavy (non-hydrogen) atoms. The molecule has 1 aliphatic carbocycles. The fourth-order valence-electron chi connectivity index (χ4n) is 3.92. The Bertz CT molecular complexity index is 1070. The van der Waals surface area contributed by atoms with Crippen LogP contribution in [0.4, 0.5) is 5.69 Å². The average Bonchev–Trinajstić information content (AvgIpc) is 2.67. The van der Waals surface area contributed by atoms with E-state index in [9.17, 15) is 18.0 Å². The van der Waals surface area contributed by atoms with E-state index < -0.39 is 27.8 Å². The van der Waals surface area contributed by atoms with Gasteiger partial charge in [0.15, 0.2) is 0 Å². The van der Waals surface area contributed by atoms with Crippen molar-refractivity contribution in [2.75, 3.05) is 12.4 Å². The van der Waals surface area contributed by atoms with Crippen molar-refractivity contribution in [3.63, 3.8) is 0 Å². The van der Waals surface area contributed by atoms with Crippen molar-refractivity contribution in [1.82, 2.24) is 4.31 Å². The largest absolute Gasteiger partial charge is 0.325 e. The average molecular weight is 398 g/mol. The van der Waals surface area contributed by atoms with Crippen LogP contribution in [0.5, 0.6) is 0 Å². The van der Waals surface area contributed by atoms with Gasteiger partial charge in [-0.05, 0) is 67.5 Å². The lowest BCUT2D eigenvalue weighted by molar-refractivity contribution is -0.132. The van der Waals surface area contributed by atoms with Gasteiger partial charge in [0.25, 0.3) is 15.9 Å². The van der Waals surface area contributed by atoms with Gasteiger partial charge < -0.3 is 5.32 Å². The number of carbonyl (C=O) groups excluding carboxylic acids is 2. The Morgan fingerprint density at radius 2 is 1.68 bits per heavy atom. The highest BCUT2D eigenvalue weighted by Gasteiger charge is 2.45. The number of benzene rings is 2. The van der Waals surface area contributed by atoms with Gasteiger partial charge in [-0.25, -0.2) is 12.7 Å². The van der Waals surface area contributed by atoms with Gasteiger partial charge in [-0.15, -0.1) is 0 Å². The van der Waals surface area contributed by atoms with E-state index in [1.165, 1.54) is 7.05 Å². The van der Waals surface area contributed by atoms with Crippen molar-refractivity contribution < 1.29 is 18.0 Å². The lowest BCUT2D eigenvalue weighted by Crippen LogP contribution is -2.46. The lowest BCUT2D eigenvalue weighted by atomic mass is 9.86. The molecule has 0 spiro atoms. The van der Waals surface area contributed by atoms with Crippen LogP contribution in [0.1, 0.15) is 41.0 Å². The van der Waals surface area contributed by atoms with Crippen LogP contribution in [0.25, 0.3) is 0 Å². The first-order valence-corrected chi connectivity index (χ1v) is 10.8. The predicted octanol–water partition coefficient (Wildman–Crippen LogP) is 2.76. The van der Waals surface area contributed by atoms with Crippen LogP contribution < -0.4 is 5.32 Å². The van der Waals surface area contributed by atoms with Crippen LogP contribution in [0.2, 0.25) is 0 Å². The zero-order chi connectivity index (χ0) is 20.1. The Kier molecular flexibility index (Phi) is 4.50. The standard InChI is InChI=1S/C21H22N2O4S/c1-13-7-9-16(10-8-13)22-20(24)19-17-11-14-5-3-4-6-15(14)12-18(17)28(26,27)23(2)21(19)25/h7-12,19H,3-6H2,1-2H3,(H,22,24). The molecule has 2 aliphatic rings. The van der Waals surface area contributed by atoms with Crippen molar-refractivity contribution in [3.05, 3.63) is 58.7 Å². The monoisotopic (exact) mass is 398 g/mol. The number of fused-ring (bicyclic) bond motifs is 2. The third-order valence-electron chi connectivity index (χ3n) is 5.56. The number of likely N-dealkylation sites (N-methyl/N-ethyl adjacent to an activating group) is 1. The van der Waals surface area contributed by atoms with Crippen molar-refractivity contribution >= 4 is 27.5 Å². The van der Waals surface area contributed by atoms with E-state index in [-0.39, 0.29) is 10.5 Å². The molecule has 2 amide bonds. The number of sulfonamides is 1. The summed E-state index contributed by atoms with van der Waals surface area (Å²) in [6, 6.07) is 10.7. The molecule has 0 radical (unpaired) electrons. The minimum Gasteiger partial charge on any atom is -0.325 e. The summed E-state index contributed by atoms with van der Waals surface area (Å²) in [5, 5.41) is 2.76. The van der Waals surface area contributed by atoms with Crippen molar-refractivity contribution in [3.8, 4) is 0 Å². The van der Waals surface area contributed by atoms with Crippen LogP contribution in [-0.2, 0) is 32.5 Å². The number of hydrogen-bond donors (Lipinski definition) is 1. The molecule has 1 aliphatic heterocycles. The molecule has 0 aromatic heterocycles. The highest BCUT2D eigenvalue weighted by Crippen LogP contribution is 2.38. The molecule has 7 heteroatoms. The highest BCUT2D eigenvalue weighted by atomic mass is 32.2. The molecule has 1 atom stereocenters. The maximum absolute atomic E-state index is 13.0. The number of nitrogens with zero attached hydrogens (tertiary/aromatic N) is 1. The van der Waals surface area contributed by atoms with Gasteiger partial charge in [0.05, 0.1) is 4.90 Å². The molecule has 4 rings (SSSR count). The highest BCUT2D eigenvalue weighted by molar-refractivity contribution is 7.89. The van der Waals surface area contributed by atoms with Crippen LogP contribution in [0.3, 0.4) is 0 Å². The summed E-state index contributed by atoms with van der Waals surface area (Å²) in [6.07, 6.45) is 3.68. The van der Waals surface area contributed by atoms with Gasteiger partial charge in [-0.2, -0.15) is 0 Å². The second-order valence-electron chi connectivity index (χ2n) is 7.46. The third kappa shape index (κ3) is 2.99. The van der Waals surface area contributed by atoms with Crippen LogP contribution in [0.15, 0.2) is 41.3 Å². The summed E-state index contributed by atoms with van der Waals surface area (Å²) < 4.78 is 26.4. The summed E-state index contributed by atoms with van der Waals surface area (Å²) >= 11 is 0. The number of aryl methyl sites for hydroxylation is 3. The Hall–Kier alpha value is -2.67. The zero-order valence-electron chi connectivity index (χ0n) is 15.9. The van der Waals surface area contributed by atoms with Crippen LogP contribution >= 0.6 is 0 Å². The normalized spacial score (nSPS) is 20.3. The van der Waals surface area contributed by atoms with E-state index >= 15 is 0 Å². The van der Waals surface area contributed by atoms with Crippen molar-refractivity contribution in [1.29, 1.82) is 0 Å². The van der Waals surface area contributed by atoms with E-state index in [1.807, 2.05) is 19.1 Å². The summed E-state index contributed by atoms with van der Waals surface area (Å²) in [6.45, 7) is 1.94. The van der Waals surface area contributed by atoms with E-state index in [2.05, 4.69) is 5.32 Å². The quantitative estimate of drug-likeness (QED) is 0.789. The minimum atomic E-state index is -3.94. The number of nitrogens with one attached hydrogen (secondary N) is 1. The predicted molar refractivity (Wildman–Crippen MR) is 106 cm³/mol. The molecule has 146 valence electrons. The SMILES string of the molecule is Cc1ccc(NC(=O)C2C(=O)N(C)S(=O)(=O)c3cc4c(cc32)CCCC4)cc1. The topological polar surface area (TPSA) is 83.6 Å². The van der Waals surface area contributed by atoms with Crippen molar-refractivity contribution in [2.45, 2.75) is 43.4 Å². The van der Waals surface area contributed by atoms with Gasteiger partial charge in [-0.3, -0.25) is 9.59 Å². The number of anilines is 1. The lowest BCUT2D eigenvalue weighted by Gasteiger charge is -2.32. The first-order chi connectivity index (χ1) is 13.3. The molecular weight excluding hydrogens is 376 g/mol. The maximum Gasteiger partial charge on any atom is 0.266 e. The molecule has 2 aromatic carbocycles. The summed E-state index contributed by atoms with van der Waals surface area (Å²) in [7, 11) is -2.73. The summed E-state index contributed by atoms with van der Waals surface area (Å²) in [4.78, 5) is 25.9. The zero-order valence-corrected chi connectivity index (χ0v) is 16.7. The number of carbonyl (C=O) groups is 2. The van der Waals surface area contributed by atoms with Gasteiger partial charge in [0.1, 0.15) is 5.92 Å². The second kappa shape index (κ2) is 6.74. The van der Waals surface area contributed by atoms with E-state index in [0.717, 1.165) is 42.4 Å². The van der Waals surface area contributed by atoms with Gasteiger partial charge >= 0.3 is 0 Å². The molecule has 1 N–H and O–H groups in total. The summed E-state index contributed by atoms with van der Waals surface area (Å²) in [5.74, 6) is -2.43. The van der Waals surface area contributed by atoms with Crippen LogP contribution in [0, 0.1) is 6.92 Å². The van der Waals surface area contributed by atoms with Crippen LogP contribution in [-0.4, -0.2) is 31.6 Å². The fraction of sp³-hybridized carbons (Fsp3) is 0.333. The molecule has 0 fully saturated rings. The smallest absolute Gasteiger partial charge is 0.266 e. The molecule has 0 saturated heterocycles. The molecule has 1 heterocycles. The van der Waals surface area contributed by atoms with Gasteiger partial charge in [0, 0.05) is 12.7 Å². The second-order valence-corrected chi connectivity index (χ2v) is 9.40. The van der Waals surface area contributed by atoms with Crippen molar-refractivity contribution in [2.24, 2.45) is 0 Å². The Morgan fingerprint density at radius 1 is 1.07 bits per heavy atom. The number of amides is 2. The summed E-state index contributed by atoms with van der Waals surface area (Å²) in [5.41, 5.74) is 3.93. The van der Waals surface area contributed by atoms with Gasteiger partial charge in [0.2, 0.25) is 5.91 Å². The molecule has 0 saturated carbocycles. The van der Waals surface area contributed by atoms with E-state index in [0.29, 0.717) is 9.99 Å². The Morgan fingerprint density at radius 3 is 2.32 bits per heavy atom. The molecule has 0 bridgehead atoms. The molecule has 1 unspecified atom stereocenters. The Balaban J connectivity index is 1.80. The minimum absolute atomic E-state index is 0.0688. The molecular formula is C21H22N2O4S. The number of hydrogen-bond acceptors (Lipinski definition) is 4. The fourth-order valence-corrected chi connectivity index (χ4v) is 5.32.